The molecule has 126 valence electrons. The van der Waals surface area contributed by atoms with Crippen LogP contribution in [0.25, 0.3) is 6.08 Å². The number of aliphatic carboxylic acids is 2. The molecule has 0 radical (unpaired) electrons. The maximum Gasteiger partial charge on any atom is 0.327 e. The fourth-order valence-corrected chi connectivity index (χ4v) is 3.41. The molecule has 0 unspecified atom stereocenters. The molecule has 1 fully saturated rings. The maximum atomic E-state index is 12.4. The topological polar surface area (TPSA) is 104 Å². The summed E-state index contributed by atoms with van der Waals surface area (Å²) in [5.41, 5.74) is 0.710. The van der Waals surface area contributed by atoms with Gasteiger partial charge in [0.2, 0.25) is 0 Å². The standard InChI is InChI=1S/C15H13NO6S2/c1-22-9-4-2-8(3-5-9)6-11-13(19)16(15(23)24-11)10(14(20)21)7-12(17)18/h2-6,10H,7H2,1H3,(H,17,18)(H,20,21)/b11-6+/t10-/m1/s1. The van der Waals surface area contributed by atoms with Gasteiger partial charge in [-0.3, -0.25) is 14.5 Å². The third-order valence-electron chi connectivity index (χ3n) is 3.20. The lowest BCUT2D eigenvalue weighted by Gasteiger charge is -2.21. The lowest BCUT2D eigenvalue weighted by atomic mass is 10.1. The Morgan fingerprint density at radius 2 is 1.96 bits per heavy atom. The number of hydrogen-bond donors (Lipinski definition) is 2. The third kappa shape index (κ3) is 3.92. The van der Waals surface area contributed by atoms with E-state index in [9.17, 15) is 19.5 Å². The molecule has 9 heteroatoms. The Hall–Kier alpha value is -2.39. The second-order valence-corrected chi connectivity index (χ2v) is 6.45. The molecule has 1 heterocycles. The fraction of sp³-hybridized carbons (Fsp3) is 0.200. The van der Waals surface area contributed by atoms with E-state index >= 15 is 0 Å². The molecule has 1 amide bonds. The molecule has 0 spiro atoms. The average Bonchev–Trinajstić information content (AvgIpc) is 2.79. The second-order valence-electron chi connectivity index (χ2n) is 4.78. The first-order chi connectivity index (χ1) is 11.3. The van der Waals surface area contributed by atoms with Crippen LogP contribution in [0.5, 0.6) is 5.75 Å². The van der Waals surface area contributed by atoms with Crippen molar-refractivity contribution in [3.63, 3.8) is 0 Å². The van der Waals surface area contributed by atoms with Gasteiger partial charge in [-0.2, -0.15) is 0 Å². The number of amides is 1. The van der Waals surface area contributed by atoms with E-state index in [1.54, 1.807) is 30.3 Å². The summed E-state index contributed by atoms with van der Waals surface area (Å²) < 4.78 is 5.07. The van der Waals surface area contributed by atoms with Gasteiger partial charge in [0.05, 0.1) is 18.4 Å². The largest absolute Gasteiger partial charge is 0.497 e. The summed E-state index contributed by atoms with van der Waals surface area (Å²) in [5, 5.41) is 18.0. The van der Waals surface area contributed by atoms with Gasteiger partial charge in [0, 0.05) is 0 Å². The van der Waals surface area contributed by atoms with Crippen LogP contribution in [0.2, 0.25) is 0 Å². The van der Waals surface area contributed by atoms with E-state index in [1.165, 1.54) is 7.11 Å². The Bertz CT molecular complexity index is 728. The molecule has 0 aliphatic carbocycles. The van der Waals surface area contributed by atoms with Crippen molar-refractivity contribution >= 4 is 52.2 Å². The van der Waals surface area contributed by atoms with Gasteiger partial charge in [-0.1, -0.05) is 36.1 Å². The lowest BCUT2D eigenvalue weighted by molar-refractivity contribution is -0.150. The second kappa shape index (κ2) is 7.45. The van der Waals surface area contributed by atoms with E-state index in [2.05, 4.69) is 0 Å². The fourth-order valence-electron chi connectivity index (χ4n) is 2.05. The highest BCUT2D eigenvalue weighted by atomic mass is 32.2. The molecule has 24 heavy (non-hydrogen) atoms. The number of carboxylic acid groups (broad SMARTS) is 2. The van der Waals surface area contributed by atoms with Crippen LogP contribution in [0.3, 0.4) is 0 Å². The van der Waals surface area contributed by atoms with Crippen molar-refractivity contribution in [1.29, 1.82) is 0 Å². The minimum atomic E-state index is -1.53. The molecular formula is C15H13NO6S2. The molecule has 0 aromatic heterocycles. The van der Waals surface area contributed by atoms with E-state index in [1.807, 2.05) is 0 Å². The molecule has 1 aromatic rings. The van der Waals surface area contributed by atoms with Gasteiger partial charge >= 0.3 is 11.9 Å². The van der Waals surface area contributed by atoms with Crippen molar-refractivity contribution in [3.8, 4) is 5.75 Å². The van der Waals surface area contributed by atoms with Crippen molar-refractivity contribution in [1.82, 2.24) is 4.90 Å². The zero-order chi connectivity index (χ0) is 17.9. The van der Waals surface area contributed by atoms with Gasteiger partial charge < -0.3 is 14.9 Å². The molecule has 1 atom stereocenters. The monoisotopic (exact) mass is 367 g/mol. The Morgan fingerprint density at radius 1 is 1.33 bits per heavy atom. The minimum Gasteiger partial charge on any atom is -0.497 e. The number of benzene rings is 1. The van der Waals surface area contributed by atoms with Crippen LogP contribution < -0.4 is 4.74 Å². The number of hydrogen-bond acceptors (Lipinski definition) is 6. The smallest absolute Gasteiger partial charge is 0.327 e. The Labute approximate surface area is 146 Å². The highest BCUT2D eigenvalue weighted by Crippen LogP contribution is 2.34. The van der Waals surface area contributed by atoms with Gasteiger partial charge in [0.15, 0.2) is 0 Å². The Kier molecular flexibility index (Phi) is 5.58. The average molecular weight is 367 g/mol. The van der Waals surface area contributed by atoms with Crippen LogP contribution in [-0.4, -0.2) is 50.4 Å². The summed E-state index contributed by atoms with van der Waals surface area (Å²) >= 11 is 5.99. The number of carboxylic acids is 2. The SMILES string of the molecule is COc1ccc(/C=C2/SC(=S)N([C@H](CC(=O)O)C(=O)O)C2=O)cc1. The minimum absolute atomic E-state index is 0.0217. The molecule has 2 N–H and O–H groups in total. The van der Waals surface area contributed by atoms with Gasteiger partial charge in [-0.15, -0.1) is 0 Å². The molecule has 1 saturated heterocycles. The summed E-state index contributed by atoms with van der Waals surface area (Å²) in [7, 11) is 1.54. The molecule has 2 rings (SSSR count). The van der Waals surface area contributed by atoms with Crippen molar-refractivity contribution in [2.24, 2.45) is 0 Å². The molecule has 0 saturated carbocycles. The van der Waals surface area contributed by atoms with E-state index in [0.717, 1.165) is 16.7 Å². The number of rotatable bonds is 6. The zero-order valence-electron chi connectivity index (χ0n) is 12.5. The maximum absolute atomic E-state index is 12.4. The first-order valence-corrected chi connectivity index (χ1v) is 7.91. The molecular weight excluding hydrogens is 354 g/mol. The van der Waals surface area contributed by atoms with E-state index in [4.69, 9.17) is 22.1 Å². The predicted molar refractivity (Wildman–Crippen MR) is 91.7 cm³/mol. The van der Waals surface area contributed by atoms with Gasteiger partial charge in [0.25, 0.3) is 5.91 Å². The number of carbonyl (C=O) groups excluding carboxylic acids is 1. The number of ether oxygens (including phenoxy) is 1. The van der Waals surface area contributed by atoms with Crippen LogP contribution in [0.15, 0.2) is 29.2 Å². The summed E-state index contributed by atoms with van der Waals surface area (Å²) in [5.74, 6) is -2.70. The van der Waals surface area contributed by atoms with Gasteiger partial charge in [-0.05, 0) is 23.8 Å². The van der Waals surface area contributed by atoms with Crippen LogP contribution in [0.4, 0.5) is 0 Å². The van der Waals surface area contributed by atoms with E-state index in [0.29, 0.717) is 11.3 Å². The molecule has 1 aliphatic rings. The van der Waals surface area contributed by atoms with Crippen LogP contribution in [-0.2, 0) is 14.4 Å². The summed E-state index contributed by atoms with van der Waals surface area (Å²) in [6.45, 7) is 0. The van der Waals surface area contributed by atoms with Crippen LogP contribution in [0, 0.1) is 0 Å². The highest BCUT2D eigenvalue weighted by molar-refractivity contribution is 8.26. The molecule has 0 bridgehead atoms. The normalized spacial score (nSPS) is 17.2. The van der Waals surface area contributed by atoms with Crippen LogP contribution >= 0.6 is 24.0 Å². The molecule has 1 aliphatic heterocycles. The van der Waals surface area contributed by atoms with E-state index < -0.39 is 30.3 Å². The van der Waals surface area contributed by atoms with Crippen molar-refractivity contribution in [3.05, 3.63) is 34.7 Å². The number of methoxy groups -OCH3 is 1. The zero-order valence-corrected chi connectivity index (χ0v) is 14.1. The van der Waals surface area contributed by atoms with E-state index in [-0.39, 0.29) is 9.23 Å². The summed E-state index contributed by atoms with van der Waals surface area (Å²) in [4.78, 5) is 35.6. The number of thiocarbonyl (C=S) groups is 1. The van der Waals surface area contributed by atoms with Gasteiger partial charge in [0.1, 0.15) is 16.1 Å². The predicted octanol–water partition coefficient (Wildman–Crippen LogP) is 1.82. The highest BCUT2D eigenvalue weighted by Gasteiger charge is 2.41. The van der Waals surface area contributed by atoms with Crippen molar-refractivity contribution in [2.75, 3.05) is 7.11 Å². The first kappa shape index (κ1) is 18.0. The quantitative estimate of drug-likeness (QED) is 0.580. The van der Waals surface area contributed by atoms with Crippen LogP contribution in [0.1, 0.15) is 12.0 Å². The first-order valence-electron chi connectivity index (χ1n) is 6.69. The molecule has 1 aromatic carbocycles. The Morgan fingerprint density at radius 3 is 2.46 bits per heavy atom. The van der Waals surface area contributed by atoms with Crippen molar-refractivity contribution in [2.45, 2.75) is 12.5 Å². The van der Waals surface area contributed by atoms with Gasteiger partial charge in [-0.25, -0.2) is 4.79 Å². The number of nitrogens with zero attached hydrogens (tertiary/aromatic N) is 1. The Balaban J connectivity index is 2.27. The summed E-state index contributed by atoms with van der Waals surface area (Å²) in [6.07, 6.45) is 0.843. The lowest BCUT2D eigenvalue weighted by Crippen LogP contribution is -2.45. The summed E-state index contributed by atoms with van der Waals surface area (Å²) in [6, 6.07) is 5.37. The third-order valence-corrected chi connectivity index (χ3v) is 4.53. The number of thioether (sulfide) groups is 1. The number of carbonyl (C=O) groups is 3. The molecule has 7 nitrogen and oxygen atoms in total. The van der Waals surface area contributed by atoms with Crippen molar-refractivity contribution < 1.29 is 29.3 Å².